The van der Waals surface area contributed by atoms with E-state index >= 15 is 0 Å². The van der Waals surface area contributed by atoms with Gasteiger partial charge in [-0.25, -0.2) is 4.39 Å². The van der Waals surface area contributed by atoms with Crippen LogP contribution in [0, 0.1) is 0 Å². The highest BCUT2D eigenvalue weighted by Gasteiger charge is 2.01. The van der Waals surface area contributed by atoms with E-state index in [0.717, 1.165) is 0 Å². The highest BCUT2D eigenvalue weighted by molar-refractivity contribution is 7.85. The Labute approximate surface area is 59.2 Å². The fraction of sp³-hybridized carbons (Fsp3) is 1.00. The van der Waals surface area contributed by atoms with Crippen LogP contribution in [0.4, 0.5) is 4.39 Å². The number of nitrogens with one attached hydrogen (secondary N) is 1. The fourth-order valence-electron chi connectivity index (χ4n) is 0.393. The van der Waals surface area contributed by atoms with Crippen LogP contribution in [-0.4, -0.2) is 38.5 Å². The van der Waals surface area contributed by atoms with Crippen molar-refractivity contribution < 1.29 is 17.4 Å². The molecule has 0 heterocycles. The van der Waals surface area contributed by atoms with Crippen molar-refractivity contribution >= 4 is 10.1 Å². The highest BCUT2D eigenvalue weighted by Crippen LogP contribution is 1.77. The molecule has 0 bridgehead atoms. The molecule has 0 aliphatic carbocycles. The first kappa shape index (κ1) is 9.80. The van der Waals surface area contributed by atoms with Gasteiger partial charge in [0, 0.05) is 13.1 Å². The zero-order valence-corrected chi connectivity index (χ0v) is 6.19. The van der Waals surface area contributed by atoms with Crippen LogP contribution in [0.1, 0.15) is 0 Å². The summed E-state index contributed by atoms with van der Waals surface area (Å²) in [5.41, 5.74) is 0. The molecule has 2 N–H and O–H groups in total. The Hall–Kier alpha value is -0.200. The summed E-state index contributed by atoms with van der Waals surface area (Å²) in [4.78, 5) is 0. The summed E-state index contributed by atoms with van der Waals surface area (Å²) >= 11 is 0. The van der Waals surface area contributed by atoms with Crippen molar-refractivity contribution in [2.45, 2.75) is 0 Å². The van der Waals surface area contributed by atoms with E-state index in [-0.39, 0.29) is 18.8 Å². The molecular formula is C4H10FNO3S. The number of halogens is 1. The van der Waals surface area contributed by atoms with E-state index in [4.69, 9.17) is 4.55 Å². The molecule has 10 heavy (non-hydrogen) atoms. The Morgan fingerprint density at radius 3 is 2.40 bits per heavy atom. The summed E-state index contributed by atoms with van der Waals surface area (Å²) in [5.74, 6) is -0.368. The summed E-state index contributed by atoms with van der Waals surface area (Å²) in [5, 5.41) is 2.48. The van der Waals surface area contributed by atoms with Crippen molar-refractivity contribution in [1.82, 2.24) is 5.32 Å². The Morgan fingerprint density at radius 1 is 1.40 bits per heavy atom. The SMILES string of the molecule is O=S(=O)(O)CCNCC[18F]. The van der Waals surface area contributed by atoms with E-state index in [1.807, 2.05) is 0 Å². The van der Waals surface area contributed by atoms with Gasteiger partial charge >= 0.3 is 0 Å². The van der Waals surface area contributed by atoms with Crippen molar-refractivity contribution in [1.29, 1.82) is 0 Å². The van der Waals surface area contributed by atoms with E-state index in [2.05, 4.69) is 5.32 Å². The molecule has 0 atom stereocenters. The molecule has 0 aliphatic rings. The van der Waals surface area contributed by atoms with E-state index in [1.165, 1.54) is 0 Å². The van der Waals surface area contributed by atoms with Crippen molar-refractivity contribution in [2.24, 2.45) is 0 Å². The van der Waals surface area contributed by atoms with Crippen molar-refractivity contribution in [3.8, 4) is 0 Å². The van der Waals surface area contributed by atoms with E-state index in [1.54, 1.807) is 0 Å². The average molecular weight is 170 g/mol. The van der Waals surface area contributed by atoms with E-state index < -0.39 is 16.8 Å². The van der Waals surface area contributed by atoms with Gasteiger partial charge < -0.3 is 5.32 Å². The molecule has 0 saturated carbocycles. The van der Waals surface area contributed by atoms with Crippen molar-refractivity contribution in [3.05, 3.63) is 0 Å². The molecule has 4 nitrogen and oxygen atoms in total. The Kier molecular flexibility index (Phi) is 4.50. The second-order valence-electron chi connectivity index (χ2n) is 1.73. The van der Waals surface area contributed by atoms with Crippen LogP contribution in [0.2, 0.25) is 0 Å². The first-order valence-corrected chi connectivity index (χ1v) is 4.39. The van der Waals surface area contributed by atoms with Gasteiger partial charge in [-0.15, -0.1) is 0 Å². The van der Waals surface area contributed by atoms with E-state index in [0.29, 0.717) is 0 Å². The van der Waals surface area contributed by atoms with Gasteiger partial charge in [0.15, 0.2) is 0 Å². The molecule has 0 aliphatic heterocycles. The predicted octanol–water partition coefficient (Wildman–Crippen LogP) is -0.567. The van der Waals surface area contributed by atoms with Crippen LogP contribution in [0.5, 0.6) is 0 Å². The van der Waals surface area contributed by atoms with Gasteiger partial charge in [0.05, 0.1) is 5.75 Å². The van der Waals surface area contributed by atoms with Crippen LogP contribution < -0.4 is 5.32 Å². The first-order chi connectivity index (χ1) is 4.56. The molecule has 0 saturated heterocycles. The largest absolute Gasteiger partial charge is 0.313 e. The standard InChI is InChI=1S/C4H10FNO3S/c5-1-2-6-3-4-10(7,8)9/h6H,1-4H2,(H,7,8,9)/i5-1. The molecule has 0 amide bonds. The summed E-state index contributed by atoms with van der Waals surface area (Å²) in [6, 6.07) is 0. The minimum Gasteiger partial charge on any atom is -0.313 e. The van der Waals surface area contributed by atoms with Gasteiger partial charge in [-0.05, 0) is 0 Å². The smallest absolute Gasteiger partial charge is 0.266 e. The third kappa shape index (κ3) is 7.80. The number of alkyl halides is 1. The van der Waals surface area contributed by atoms with Gasteiger partial charge in [-0.3, -0.25) is 4.55 Å². The maximum Gasteiger partial charge on any atom is 0.266 e. The molecule has 0 aromatic carbocycles. The van der Waals surface area contributed by atoms with Crippen LogP contribution in [0.15, 0.2) is 0 Å². The summed E-state index contributed by atoms with van der Waals surface area (Å²) in [6.45, 7) is -0.330. The van der Waals surface area contributed by atoms with E-state index in [9.17, 15) is 12.8 Å². The minimum atomic E-state index is -3.89. The lowest BCUT2D eigenvalue weighted by Gasteiger charge is -1.97. The Balaban J connectivity index is 3.21. The summed E-state index contributed by atoms with van der Waals surface area (Å²) < 4.78 is 39.5. The molecule has 0 unspecified atom stereocenters. The lowest BCUT2D eigenvalue weighted by atomic mass is 10.6. The molecular weight excluding hydrogens is 160 g/mol. The van der Waals surface area contributed by atoms with Crippen LogP contribution in [-0.2, 0) is 10.1 Å². The van der Waals surface area contributed by atoms with Gasteiger partial charge in [-0.1, -0.05) is 0 Å². The third-order valence-corrected chi connectivity index (χ3v) is 1.53. The number of hydrogen-bond donors (Lipinski definition) is 2. The van der Waals surface area contributed by atoms with Crippen LogP contribution in [0.3, 0.4) is 0 Å². The first-order valence-electron chi connectivity index (χ1n) is 2.78. The number of hydrogen-bond acceptors (Lipinski definition) is 3. The topological polar surface area (TPSA) is 66.4 Å². The minimum absolute atomic E-state index is 0.0861. The lowest BCUT2D eigenvalue weighted by molar-refractivity contribution is 0.462. The van der Waals surface area contributed by atoms with Crippen molar-refractivity contribution in [2.75, 3.05) is 25.5 Å². The maximum absolute atomic E-state index is 11.3. The van der Waals surface area contributed by atoms with Gasteiger partial charge in [0.1, 0.15) is 6.67 Å². The molecule has 0 spiro atoms. The van der Waals surface area contributed by atoms with Gasteiger partial charge in [0.25, 0.3) is 10.1 Å². The Bertz CT molecular complexity index is 167. The fourth-order valence-corrected chi connectivity index (χ4v) is 0.795. The summed E-state index contributed by atoms with van der Waals surface area (Å²) in [7, 11) is -3.89. The van der Waals surface area contributed by atoms with Gasteiger partial charge in [0.2, 0.25) is 0 Å². The molecule has 6 heteroatoms. The molecule has 0 aromatic rings. The normalized spacial score (nSPS) is 11.8. The number of rotatable bonds is 5. The average Bonchev–Trinajstić information content (AvgIpc) is 1.78. The second kappa shape index (κ2) is 4.59. The molecule has 0 rings (SSSR count). The second-order valence-corrected chi connectivity index (χ2v) is 3.30. The summed E-state index contributed by atoms with van der Waals surface area (Å²) in [6.07, 6.45) is 0. The highest BCUT2D eigenvalue weighted by atomic mass is 32.2. The van der Waals surface area contributed by atoms with Gasteiger partial charge in [-0.2, -0.15) is 8.42 Å². The van der Waals surface area contributed by atoms with Crippen LogP contribution >= 0.6 is 0 Å². The Morgan fingerprint density at radius 2 is 2.00 bits per heavy atom. The zero-order chi connectivity index (χ0) is 8.04. The quantitative estimate of drug-likeness (QED) is 0.428. The monoisotopic (exact) mass is 170 g/mol. The molecule has 0 radical (unpaired) electrons. The zero-order valence-electron chi connectivity index (χ0n) is 5.38. The van der Waals surface area contributed by atoms with Crippen molar-refractivity contribution in [3.63, 3.8) is 0 Å². The van der Waals surface area contributed by atoms with Crippen LogP contribution in [0.25, 0.3) is 0 Å². The predicted molar refractivity (Wildman–Crippen MR) is 35.3 cm³/mol. The molecule has 0 fully saturated rings. The molecule has 62 valence electrons. The maximum atomic E-state index is 11.3. The molecule has 0 aromatic heterocycles. The third-order valence-electron chi connectivity index (χ3n) is 0.808. The lowest BCUT2D eigenvalue weighted by Crippen LogP contribution is -2.24.